The molecule has 11 heteroatoms. The number of amides is 1. The van der Waals surface area contributed by atoms with Crippen LogP contribution in [0.5, 0.6) is 0 Å². The maximum Gasteiger partial charge on any atom is 0.352 e. The summed E-state index contributed by atoms with van der Waals surface area (Å²) in [6.07, 6.45) is 3.24. The number of carbonyl (C=O) groups excluding carboxylic acids is 1. The fourth-order valence-electron chi connectivity index (χ4n) is 3.77. The topological polar surface area (TPSA) is 98.0 Å². The molecule has 1 unspecified atom stereocenters. The molecule has 0 spiro atoms. The van der Waals surface area contributed by atoms with Crippen molar-refractivity contribution in [1.82, 2.24) is 19.7 Å². The van der Waals surface area contributed by atoms with E-state index in [9.17, 15) is 23.2 Å². The monoisotopic (exact) mass is 461 g/mol. The fraction of sp³-hybridized carbons (Fsp3) is 0.364. The molecule has 1 fully saturated rings. The lowest BCUT2D eigenvalue weighted by Gasteiger charge is -2.21. The predicted molar refractivity (Wildman–Crippen MR) is 116 cm³/mol. The smallest absolute Gasteiger partial charge is 0.352 e. The van der Waals surface area contributed by atoms with Gasteiger partial charge in [-0.05, 0) is 25.8 Å². The summed E-state index contributed by atoms with van der Waals surface area (Å²) in [4.78, 5) is 36.5. The number of likely N-dealkylation sites (N-methyl/N-ethyl adjacent to an activating group) is 1. The van der Waals surface area contributed by atoms with E-state index < -0.39 is 34.8 Å². The maximum absolute atomic E-state index is 15.1. The summed E-state index contributed by atoms with van der Waals surface area (Å²) < 4.78 is 46.5. The Bertz CT molecular complexity index is 1380. The van der Waals surface area contributed by atoms with Crippen molar-refractivity contribution in [2.45, 2.75) is 37.8 Å². The minimum Gasteiger partial charge on any atom is -0.361 e. The molecule has 1 aromatic carbocycles. The largest absolute Gasteiger partial charge is 0.361 e. The number of aromatic nitrogens is 3. The molecular weight excluding hydrogens is 439 g/mol. The van der Waals surface area contributed by atoms with Gasteiger partial charge in [-0.3, -0.25) is 14.4 Å². The molecule has 1 aliphatic rings. The van der Waals surface area contributed by atoms with E-state index in [1.165, 1.54) is 36.7 Å². The molecule has 2 heterocycles. The molecule has 3 aromatic rings. The number of benzene rings is 1. The Balaban J connectivity index is 1.78. The molecule has 0 aliphatic heterocycles. The number of aryl methyl sites for hydroxylation is 1. The van der Waals surface area contributed by atoms with E-state index in [1.54, 1.807) is 6.20 Å². The molecule has 1 saturated carbocycles. The lowest BCUT2D eigenvalue weighted by atomic mass is 9.99. The number of pyridine rings is 1. The highest BCUT2D eigenvalue weighted by Gasteiger charge is 2.43. The van der Waals surface area contributed by atoms with Gasteiger partial charge in [0.25, 0.3) is 17.0 Å². The number of rotatable bonds is 6. The van der Waals surface area contributed by atoms with Gasteiger partial charge in [-0.15, -0.1) is 0 Å². The van der Waals surface area contributed by atoms with Crippen LogP contribution in [0.25, 0.3) is 10.8 Å². The number of nitrogens with one attached hydrogen (secondary N) is 2. The van der Waals surface area contributed by atoms with Crippen molar-refractivity contribution in [1.29, 1.82) is 0 Å². The normalized spacial score (nSPS) is 14.8. The third-order valence-electron chi connectivity index (χ3n) is 5.75. The fourth-order valence-corrected chi connectivity index (χ4v) is 3.77. The molecule has 1 atom stereocenters. The van der Waals surface area contributed by atoms with Crippen LogP contribution in [0.2, 0.25) is 0 Å². The Labute approximate surface area is 186 Å². The first-order chi connectivity index (χ1) is 15.6. The summed E-state index contributed by atoms with van der Waals surface area (Å²) in [5.41, 5.74) is -1.94. The van der Waals surface area contributed by atoms with Crippen molar-refractivity contribution in [2.75, 3.05) is 12.4 Å². The van der Waals surface area contributed by atoms with E-state index in [2.05, 4.69) is 10.4 Å². The highest BCUT2D eigenvalue weighted by Crippen LogP contribution is 2.36. The number of alkyl halides is 2. The molecule has 2 N–H and O–H groups in total. The number of hydrogen-bond donors (Lipinski definition) is 2. The molecule has 0 saturated heterocycles. The van der Waals surface area contributed by atoms with Crippen molar-refractivity contribution >= 4 is 22.5 Å². The summed E-state index contributed by atoms with van der Waals surface area (Å²) in [5, 5.41) is 9.51. The average Bonchev–Trinajstić information content (AvgIpc) is 3.61. The highest BCUT2D eigenvalue weighted by atomic mass is 19.3. The van der Waals surface area contributed by atoms with Gasteiger partial charge in [0.15, 0.2) is 5.82 Å². The van der Waals surface area contributed by atoms with E-state index in [0.717, 1.165) is 30.6 Å². The summed E-state index contributed by atoms with van der Waals surface area (Å²) in [5.74, 6) is -6.72. The Kier molecular flexibility index (Phi) is 5.51. The molecule has 33 heavy (non-hydrogen) atoms. The third-order valence-corrected chi connectivity index (χ3v) is 5.75. The maximum atomic E-state index is 15.1. The van der Waals surface area contributed by atoms with Gasteiger partial charge in [0.2, 0.25) is 0 Å². The van der Waals surface area contributed by atoms with E-state index in [-0.39, 0.29) is 28.4 Å². The van der Waals surface area contributed by atoms with E-state index in [1.807, 2.05) is 5.32 Å². The van der Waals surface area contributed by atoms with Crippen molar-refractivity contribution in [3.05, 3.63) is 68.1 Å². The Hall–Kier alpha value is -3.63. The van der Waals surface area contributed by atoms with Crippen LogP contribution in [0.3, 0.4) is 0 Å². The number of hydrogen-bond acceptors (Lipinski definition) is 5. The summed E-state index contributed by atoms with van der Waals surface area (Å²) in [6.45, 7) is 1.54. The quantitative estimate of drug-likeness (QED) is 0.588. The number of nitrogens with zero attached hydrogens (tertiary/aromatic N) is 3. The second-order valence-corrected chi connectivity index (χ2v) is 8.08. The van der Waals surface area contributed by atoms with Crippen LogP contribution < -0.4 is 21.8 Å². The van der Waals surface area contributed by atoms with E-state index >= 15 is 4.39 Å². The van der Waals surface area contributed by atoms with Crippen molar-refractivity contribution in [3.63, 3.8) is 0 Å². The molecule has 0 radical (unpaired) electrons. The van der Waals surface area contributed by atoms with Crippen LogP contribution in [0.4, 0.5) is 19.0 Å². The van der Waals surface area contributed by atoms with Crippen LogP contribution in [-0.4, -0.2) is 27.3 Å². The zero-order chi connectivity index (χ0) is 24.1. The van der Waals surface area contributed by atoms with Gasteiger partial charge in [0, 0.05) is 43.4 Å². The van der Waals surface area contributed by atoms with Gasteiger partial charge in [-0.1, -0.05) is 12.1 Å². The first-order valence-electron chi connectivity index (χ1n) is 10.3. The molecular formula is C22H22F3N5O3. The number of halogens is 3. The number of carbonyl (C=O) groups is 1. The minimum absolute atomic E-state index is 0.0531. The second-order valence-electron chi connectivity index (χ2n) is 8.08. The Morgan fingerprint density at radius 1 is 1.24 bits per heavy atom. The van der Waals surface area contributed by atoms with E-state index in [0.29, 0.717) is 5.39 Å². The van der Waals surface area contributed by atoms with Crippen molar-refractivity contribution in [2.24, 2.45) is 7.05 Å². The number of anilines is 1. The molecule has 1 amide bonds. The van der Waals surface area contributed by atoms with Gasteiger partial charge in [-0.25, -0.2) is 9.07 Å². The van der Waals surface area contributed by atoms with Gasteiger partial charge in [0.05, 0.1) is 17.0 Å². The lowest BCUT2D eigenvalue weighted by molar-refractivity contribution is -0.146. The first kappa shape index (κ1) is 22.6. The molecule has 0 bridgehead atoms. The van der Waals surface area contributed by atoms with Gasteiger partial charge >= 0.3 is 5.92 Å². The summed E-state index contributed by atoms with van der Waals surface area (Å²) in [6, 6.07) is 3.85. The second kappa shape index (κ2) is 8.05. The standard InChI is InChI=1S/C22H22F3N5O3/c1-11(13-5-4-6-16(18(13)23)22(24,25)21(33)26-2)27-19-15-10-30(12-7-8-12)17(31)9-14(15)20(32)29(3)28-19/h4-6,9-12H,7-8H2,1-3H3,(H,26,33)(H,27,28). The van der Waals surface area contributed by atoms with Gasteiger partial charge < -0.3 is 15.2 Å². The van der Waals surface area contributed by atoms with Gasteiger partial charge in [-0.2, -0.15) is 13.9 Å². The minimum atomic E-state index is -4.06. The molecule has 174 valence electrons. The molecule has 8 nitrogen and oxygen atoms in total. The molecule has 2 aromatic heterocycles. The summed E-state index contributed by atoms with van der Waals surface area (Å²) >= 11 is 0. The molecule has 1 aliphatic carbocycles. The van der Waals surface area contributed by atoms with Crippen LogP contribution >= 0.6 is 0 Å². The Morgan fingerprint density at radius 3 is 2.58 bits per heavy atom. The van der Waals surface area contributed by atoms with Crippen LogP contribution in [0.15, 0.2) is 40.1 Å². The average molecular weight is 461 g/mol. The predicted octanol–water partition coefficient (Wildman–Crippen LogP) is 2.58. The van der Waals surface area contributed by atoms with Gasteiger partial charge in [0.1, 0.15) is 5.82 Å². The summed E-state index contributed by atoms with van der Waals surface area (Å²) in [7, 11) is 2.45. The zero-order valence-corrected chi connectivity index (χ0v) is 18.2. The lowest BCUT2D eigenvalue weighted by Crippen LogP contribution is -2.36. The SMILES string of the molecule is CNC(=O)C(F)(F)c1cccc(C(C)Nc2nn(C)c(=O)c3cc(=O)n(C4CC4)cc23)c1F. The zero-order valence-electron chi connectivity index (χ0n) is 18.2. The van der Waals surface area contributed by atoms with Crippen molar-refractivity contribution < 1.29 is 18.0 Å². The van der Waals surface area contributed by atoms with E-state index in [4.69, 9.17) is 0 Å². The third kappa shape index (κ3) is 3.87. The first-order valence-corrected chi connectivity index (χ1v) is 10.3. The molecule has 4 rings (SSSR count). The van der Waals surface area contributed by atoms with Crippen LogP contribution in [0, 0.1) is 5.82 Å². The number of fused-ring (bicyclic) bond motifs is 1. The highest BCUT2D eigenvalue weighted by molar-refractivity contribution is 5.90. The Morgan fingerprint density at radius 2 is 1.94 bits per heavy atom. The van der Waals surface area contributed by atoms with Crippen molar-refractivity contribution in [3.8, 4) is 0 Å². The van der Waals surface area contributed by atoms with Crippen LogP contribution in [0.1, 0.15) is 43.0 Å². The van der Waals surface area contributed by atoms with Crippen LogP contribution in [-0.2, 0) is 17.8 Å².